The first-order valence-electron chi connectivity index (χ1n) is 7.35. The van der Waals surface area contributed by atoms with Crippen molar-refractivity contribution in [1.29, 1.82) is 0 Å². The Kier molecular flexibility index (Phi) is 4.69. The van der Waals surface area contributed by atoms with Gasteiger partial charge in [-0.1, -0.05) is 25.7 Å². The molecular weight excluding hydrogens is 210 g/mol. The van der Waals surface area contributed by atoms with Crippen molar-refractivity contribution in [2.24, 2.45) is 4.99 Å². The molecule has 2 fully saturated rings. The Balaban J connectivity index is 2.09. The lowest BCUT2D eigenvalue weighted by molar-refractivity contribution is 0.231. The van der Waals surface area contributed by atoms with E-state index in [0.717, 1.165) is 24.6 Å². The summed E-state index contributed by atoms with van der Waals surface area (Å²) in [4.78, 5) is 7.13. The Morgan fingerprint density at radius 3 is 1.88 bits per heavy atom. The fraction of sp³-hybridized carbons (Fsp3) is 0.929. The van der Waals surface area contributed by atoms with Crippen LogP contribution in [0.25, 0.3) is 0 Å². The van der Waals surface area contributed by atoms with Crippen molar-refractivity contribution in [3.05, 3.63) is 0 Å². The summed E-state index contributed by atoms with van der Waals surface area (Å²) in [6.45, 7) is 3.13. The van der Waals surface area contributed by atoms with E-state index in [1.54, 1.807) is 0 Å². The summed E-state index contributed by atoms with van der Waals surface area (Å²) in [7, 11) is 1.93. The van der Waals surface area contributed by atoms with Gasteiger partial charge in [-0.15, -0.1) is 0 Å². The van der Waals surface area contributed by atoms with Crippen molar-refractivity contribution < 1.29 is 0 Å². The Morgan fingerprint density at radius 1 is 1.06 bits per heavy atom. The van der Waals surface area contributed by atoms with Gasteiger partial charge in [-0.2, -0.15) is 0 Å². The highest BCUT2D eigenvalue weighted by Crippen LogP contribution is 2.31. The number of aliphatic imine (C=N–C) groups is 1. The fourth-order valence-electron chi connectivity index (χ4n) is 3.45. The van der Waals surface area contributed by atoms with Gasteiger partial charge in [-0.3, -0.25) is 4.99 Å². The minimum atomic E-state index is 0.746. The second kappa shape index (κ2) is 6.27. The minimum absolute atomic E-state index is 0.746. The molecule has 0 amide bonds. The van der Waals surface area contributed by atoms with Gasteiger partial charge >= 0.3 is 0 Å². The minimum Gasteiger partial charge on any atom is -0.357 e. The largest absolute Gasteiger partial charge is 0.357 e. The van der Waals surface area contributed by atoms with E-state index >= 15 is 0 Å². The maximum Gasteiger partial charge on any atom is 0.194 e. The molecule has 0 aromatic rings. The van der Waals surface area contributed by atoms with Crippen molar-refractivity contribution >= 4 is 5.96 Å². The van der Waals surface area contributed by atoms with Crippen LogP contribution in [0.5, 0.6) is 0 Å². The van der Waals surface area contributed by atoms with E-state index in [0.29, 0.717) is 0 Å². The molecule has 3 nitrogen and oxygen atoms in total. The predicted octanol–water partition coefficient (Wildman–Crippen LogP) is 2.77. The molecule has 2 aliphatic carbocycles. The quantitative estimate of drug-likeness (QED) is 0.604. The topological polar surface area (TPSA) is 27.6 Å². The van der Waals surface area contributed by atoms with Gasteiger partial charge in [0.05, 0.1) is 0 Å². The molecule has 0 saturated heterocycles. The van der Waals surface area contributed by atoms with E-state index in [9.17, 15) is 0 Å². The molecule has 0 aromatic heterocycles. The zero-order chi connectivity index (χ0) is 12.1. The third-order valence-electron chi connectivity index (χ3n) is 4.23. The van der Waals surface area contributed by atoms with Crippen LogP contribution in [0.3, 0.4) is 0 Å². The van der Waals surface area contributed by atoms with E-state index in [4.69, 9.17) is 0 Å². The number of nitrogens with zero attached hydrogens (tertiary/aromatic N) is 2. The van der Waals surface area contributed by atoms with Crippen LogP contribution in [0.2, 0.25) is 0 Å². The van der Waals surface area contributed by atoms with Gasteiger partial charge in [0, 0.05) is 25.7 Å². The fourth-order valence-corrected chi connectivity index (χ4v) is 3.45. The van der Waals surface area contributed by atoms with Gasteiger partial charge in [0.15, 0.2) is 5.96 Å². The van der Waals surface area contributed by atoms with Crippen LogP contribution >= 0.6 is 0 Å². The highest BCUT2D eigenvalue weighted by molar-refractivity contribution is 5.80. The Labute approximate surface area is 106 Å². The van der Waals surface area contributed by atoms with E-state index in [-0.39, 0.29) is 0 Å². The standard InChI is InChI=1S/C14H27N3/c1-3-16-14(15-2)17(12-8-4-5-9-12)13-10-6-7-11-13/h12-13H,3-11H2,1-2H3,(H,15,16). The van der Waals surface area contributed by atoms with Crippen LogP contribution in [-0.2, 0) is 0 Å². The molecule has 3 heteroatoms. The lowest BCUT2D eigenvalue weighted by atomic mass is 10.1. The van der Waals surface area contributed by atoms with Gasteiger partial charge in [0.1, 0.15) is 0 Å². The average molecular weight is 237 g/mol. The molecule has 2 aliphatic rings. The highest BCUT2D eigenvalue weighted by Gasteiger charge is 2.32. The summed E-state index contributed by atoms with van der Waals surface area (Å²) >= 11 is 0. The summed E-state index contributed by atoms with van der Waals surface area (Å²) in [5.41, 5.74) is 0. The zero-order valence-electron chi connectivity index (χ0n) is 11.4. The third-order valence-corrected chi connectivity index (χ3v) is 4.23. The van der Waals surface area contributed by atoms with Crippen molar-refractivity contribution in [2.45, 2.75) is 70.4 Å². The van der Waals surface area contributed by atoms with Crippen LogP contribution in [0.1, 0.15) is 58.3 Å². The summed E-state index contributed by atoms with van der Waals surface area (Å²) in [6.07, 6.45) is 11.0. The summed E-state index contributed by atoms with van der Waals surface area (Å²) in [5.74, 6) is 1.14. The van der Waals surface area contributed by atoms with Crippen molar-refractivity contribution in [1.82, 2.24) is 10.2 Å². The van der Waals surface area contributed by atoms with Gasteiger partial charge < -0.3 is 10.2 Å². The lowest BCUT2D eigenvalue weighted by Crippen LogP contribution is -2.51. The first kappa shape index (κ1) is 12.7. The smallest absolute Gasteiger partial charge is 0.194 e. The number of guanidine groups is 1. The molecule has 0 aliphatic heterocycles. The molecule has 0 bridgehead atoms. The normalized spacial score (nSPS) is 23.3. The van der Waals surface area contributed by atoms with Gasteiger partial charge in [-0.25, -0.2) is 0 Å². The number of nitrogens with one attached hydrogen (secondary N) is 1. The molecule has 17 heavy (non-hydrogen) atoms. The molecule has 98 valence electrons. The summed E-state index contributed by atoms with van der Waals surface area (Å²) in [6, 6.07) is 1.49. The Hall–Kier alpha value is -0.730. The molecule has 0 spiro atoms. The monoisotopic (exact) mass is 237 g/mol. The predicted molar refractivity (Wildman–Crippen MR) is 73.4 cm³/mol. The first-order chi connectivity index (χ1) is 8.36. The van der Waals surface area contributed by atoms with E-state index < -0.39 is 0 Å². The number of hydrogen-bond donors (Lipinski definition) is 1. The van der Waals surface area contributed by atoms with Gasteiger partial charge in [0.25, 0.3) is 0 Å². The Morgan fingerprint density at radius 2 is 1.53 bits per heavy atom. The van der Waals surface area contributed by atoms with Crippen LogP contribution in [0.15, 0.2) is 4.99 Å². The van der Waals surface area contributed by atoms with Crippen LogP contribution in [-0.4, -0.2) is 36.5 Å². The third kappa shape index (κ3) is 2.93. The van der Waals surface area contributed by atoms with Gasteiger partial charge in [-0.05, 0) is 32.6 Å². The molecular formula is C14H27N3. The highest BCUT2D eigenvalue weighted by atomic mass is 15.3. The SMILES string of the molecule is CCNC(=NC)N(C1CCCC1)C1CCCC1. The average Bonchev–Trinajstić information content (AvgIpc) is 3.01. The molecule has 0 heterocycles. The van der Waals surface area contributed by atoms with Crippen LogP contribution < -0.4 is 5.32 Å². The zero-order valence-corrected chi connectivity index (χ0v) is 11.4. The van der Waals surface area contributed by atoms with E-state index in [1.807, 2.05) is 7.05 Å². The van der Waals surface area contributed by atoms with Crippen LogP contribution in [0.4, 0.5) is 0 Å². The summed E-state index contributed by atoms with van der Waals surface area (Å²) < 4.78 is 0. The van der Waals surface area contributed by atoms with Crippen molar-refractivity contribution in [3.8, 4) is 0 Å². The second-order valence-corrected chi connectivity index (χ2v) is 5.36. The molecule has 1 N–H and O–H groups in total. The lowest BCUT2D eigenvalue weighted by Gasteiger charge is -2.37. The summed E-state index contributed by atoms with van der Waals surface area (Å²) in [5, 5.41) is 3.46. The Bertz CT molecular complexity index is 234. The maximum absolute atomic E-state index is 4.50. The molecule has 2 rings (SSSR count). The number of hydrogen-bond acceptors (Lipinski definition) is 1. The molecule has 0 unspecified atom stereocenters. The molecule has 2 saturated carbocycles. The van der Waals surface area contributed by atoms with E-state index in [2.05, 4.69) is 22.1 Å². The van der Waals surface area contributed by atoms with Crippen LogP contribution in [0, 0.1) is 0 Å². The first-order valence-corrected chi connectivity index (χ1v) is 7.35. The maximum atomic E-state index is 4.50. The second-order valence-electron chi connectivity index (χ2n) is 5.36. The molecule has 0 atom stereocenters. The number of rotatable bonds is 3. The van der Waals surface area contributed by atoms with E-state index in [1.165, 1.54) is 51.4 Å². The van der Waals surface area contributed by atoms with Crippen molar-refractivity contribution in [3.63, 3.8) is 0 Å². The van der Waals surface area contributed by atoms with Crippen molar-refractivity contribution in [2.75, 3.05) is 13.6 Å². The molecule has 0 radical (unpaired) electrons. The molecule has 0 aromatic carbocycles. The van der Waals surface area contributed by atoms with Gasteiger partial charge in [0.2, 0.25) is 0 Å².